The Kier molecular flexibility index (Phi) is 4.50. The van der Waals surface area contributed by atoms with E-state index in [2.05, 4.69) is 86.7 Å². The Morgan fingerprint density at radius 2 is 1.40 bits per heavy atom. The molecule has 0 spiro atoms. The predicted molar refractivity (Wildman–Crippen MR) is 96.7 cm³/mol. The molecule has 20 heavy (non-hydrogen) atoms. The molecule has 1 N–H and O–H groups in total. The quantitative estimate of drug-likeness (QED) is 0.668. The number of aromatic nitrogens is 1. The van der Waals surface area contributed by atoms with Gasteiger partial charge >= 0.3 is 0 Å². The predicted octanol–water partition coefficient (Wildman–Crippen LogP) is 5.82. The SMILES string of the molecule is CC(C)[Si](c1[nH]c2ccccc2c1Br)(C(C)C)C(C)C. The van der Waals surface area contributed by atoms with Crippen LogP contribution in [0.1, 0.15) is 41.5 Å². The number of para-hydroxylation sites is 1. The van der Waals surface area contributed by atoms with Crippen molar-refractivity contribution >= 4 is 40.2 Å². The van der Waals surface area contributed by atoms with Gasteiger partial charge in [-0.15, -0.1) is 0 Å². The normalized spacial score (nSPS) is 13.1. The number of rotatable bonds is 4. The second kappa shape index (κ2) is 5.68. The minimum Gasteiger partial charge on any atom is -0.361 e. The van der Waals surface area contributed by atoms with Crippen LogP contribution in [0.15, 0.2) is 28.7 Å². The summed E-state index contributed by atoms with van der Waals surface area (Å²) in [5.41, 5.74) is 3.40. The van der Waals surface area contributed by atoms with Gasteiger partial charge in [0.05, 0.1) is 0 Å². The average molecular weight is 352 g/mol. The van der Waals surface area contributed by atoms with Crippen LogP contribution in [0.3, 0.4) is 0 Å². The molecule has 0 aliphatic carbocycles. The molecule has 0 aliphatic heterocycles. The van der Waals surface area contributed by atoms with Crippen molar-refractivity contribution in [2.45, 2.75) is 58.2 Å². The molecular weight excluding hydrogens is 326 g/mol. The molecule has 0 aliphatic rings. The number of fused-ring (bicyclic) bond motifs is 1. The Bertz CT molecular complexity index is 576. The molecule has 0 atom stereocenters. The minimum atomic E-state index is -1.63. The summed E-state index contributed by atoms with van der Waals surface area (Å²) >= 11 is 3.90. The summed E-state index contributed by atoms with van der Waals surface area (Å²) < 4.78 is 1.30. The maximum Gasteiger partial charge on any atom is 0.116 e. The van der Waals surface area contributed by atoms with E-state index in [4.69, 9.17) is 0 Å². The van der Waals surface area contributed by atoms with Gasteiger partial charge < -0.3 is 4.98 Å². The van der Waals surface area contributed by atoms with E-state index < -0.39 is 8.07 Å². The minimum absolute atomic E-state index is 0.715. The third-order valence-electron chi connectivity index (χ3n) is 4.94. The van der Waals surface area contributed by atoms with Crippen molar-refractivity contribution in [2.24, 2.45) is 0 Å². The molecule has 0 fully saturated rings. The molecule has 1 nitrogen and oxygen atoms in total. The molecule has 0 radical (unpaired) electrons. The van der Waals surface area contributed by atoms with E-state index >= 15 is 0 Å². The van der Waals surface area contributed by atoms with Gasteiger partial charge in [0, 0.05) is 20.7 Å². The molecule has 110 valence electrons. The van der Waals surface area contributed by atoms with Crippen LogP contribution in [-0.4, -0.2) is 13.1 Å². The van der Waals surface area contributed by atoms with Crippen molar-refractivity contribution in [3.05, 3.63) is 28.7 Å². The number of halogens is 1. The second-order valence-electron chi connectivity index (χ2n) is 6.76. The molecule has 0 unspecified atom stereocenters. The topological polar surface area (TPSA) is 15.8 Å². The van der Waals surface area contributed by atoms with Gasteiger partial charge in [-0.2, -0.15) is 0 Å². The largest absolute Gasteiger partial charge is 0.361 e. The molecule has 0 bridgehead atoms. The summed E-state index contributed by atoms with van der Waals surface area (Å²) in [5.74, 6) is 0. The first-order valence-electron chi connectivity index (χ1n) is 7.60. The fourth-order valence-corrected chi connectivity index (χ4v) is 12.3. The summed E-state index contributed by atoms with van der Waals surface area (Å²) in [7, 11) is -1.63. The van der Waals surface area contributed by atoms with Crippen molar-refractivity contribution in [2.75, 3.05) is 0 Å². The zero-order valence-corrected chi connectivity index (χ0v) is 16.0. The fourth-order valence-electron chi connectivity index (χ4n) is 4.27. The van der Waals surface area contributed by atoms with Crippen molar-refractivity contribution < 1.29 is 0 Å². The molecule has 1 heterocycles. The van der Waals surface area contributed by atoms with Crippen molar-refractivity contribution in [1.29, 1.82) is 0 Å². The Hall–Kier alpha value is -0.543. The number of nitrogens with one attached hydrogen (secondary N) is 1. The molecule has 2 aromatic rings. The van der Waals surface area contributed by atoms with Crippen LogP contribution in [0, 0.1) is 0 Å². The fraction of sp³-hybridized carbons (Fsp3) is 0.529. The van der Waals surface area contributed by atoms with E-state index in [1.165, 1.54) is 20.7 Å². The Labute approximate surface area is 132 Å². The van der Waals surface area contributed by atoms with E-state index in [1.807, 2.05) is 0 Å². The van der Waals surface area contributed by atoms with Gasteiger partial charge in [-0.25, -0.2) is 0 Å². The smallest absolute Gasteiger partial charge is 0.116 e. The van der Waals surface area contributed by atoms with Crippen LogP contribution in [0.5, 0.6) is 0 Å². The van der Waals surface area contributed by atoms with Crippen LogP contribution in [0.25, 0.3) is 10.9 Å². The maximum absolute atomic E-state index is 3.90. The summed E-state index contributed by atoms with van der Waals surface area (Å²) in [4.78, 5) is 3.76. The highest BCUT2D eigenvalue weighted by atomic mass is 79.9. The summed E-state index contributed by atoms with van der Waals surface area (Å²) in [6, 6.07) is 8.62. The molecule has 0 saturated carbocycles. The Morgan fingerprint density at radius 3 is 1.85 bits per heavy atom. The molecule has 2 rings (SSSR count). The number of benzene rings is 1. The highest BCUT2D eigenvalue weighted by molar-refractivity contribution is 9.10. The molecule has 1 aromatic carbocycles. The van der Waals surface area contributed by atoms with Gasteiger partial charge in [-0.05, 0) is 38.6 Å². The molecule has 1 aromatic heterocycles. The van der Waals surface area contributed by atoms with Gasteiger partial charge in [0.25, 0.3) is 0 Å². The molecule has 0 amide bonds. The highest BCUT2D eigenvalue weighted by Crippen LogP contribution is 2.43. The van der Waals surface area contributed by atoms with Crippen molar-refractivity contribution in [3.63, 3.8) is 0 Å². The van der Waals surface area contributed by atoms with Crippen molar-refractivity contribution in [1.82, 2.24) is 4.98 Å². The lowest BCUT2D eigenvalue weighted by atomic mass is 10.3. The van der Waals surface area contributed by atoms with E-state index in [0.717, 1.165) is 0 Å². The first-order chi connectivity index (χ1) is 9.33. The van der Waals surface area contributed by atoms with Crippen LogP contribution in [0.4, 0.5) is 0 Å². The van der Waals surface area contributed by atoms with Crippen LogP contribution >= 0.6 is 15.9 Å². The van der Waals surface area contributed by atoms with Gasteiger partial charge in [0.1, 0.15) is 8.07 Å². The van der Waals surface area contributed by atoms with Gasteiger partial charge in [-0.3, -0.25) is 0 Å². The van der Waals surface area contributed by atoms with E-state index in [0.29, 0.717) is 16.6 Å². The molecule has 0 saturated heterocycles. The Balaban J connectivity index is 2.78. The van der Waals surface area contributed by atoms with Crippen LogP contribution < -0.4 is 5.32 Å². The lowest BCUT2D eigenvalue weighted by molar-refractivity contribution is 0.831. The lowest BCUT2D eigenvalue weighted by Crippen LogP contribution is -2.56. The first-order valence-corrected chi connectivity index (χ1v) is 10.6. The van der Waals surface area contributed by atoms with Gasteiger partial charge in [-0.1, -0.05) is 59.7 Å². The standard InChI is InChI=1S/C17H26BrNSi/c1-11(2)20(12(3)4,13(5)6)17-16(18)14-9-7-8-10-15(14)19-17/h7-13,19H,1-6H3. The van der Waals surface area contributed by atoms with Gasteiger partial charge in [0.2, 0.25) is 0 Å². The van der Waals surface area contributed by atoms with Gasteiger partial charge in [0.15, 0.2) is 0 Å². The number of aromatic amines is 1. The monoisotopic (exact) mass is 351 g/mol. The summed E-state index contributed by atoms with van der Waals surface area (Å²) in [5, 5.41) is 2.82. The first kappa shape index (κ1) is 15.8. The number of hydrogen-bond acceptors (Lipinski definition) is 0. The van der Waals surface area contributed by atoms with E-state index in [-0.39, 0.29) is 0 Å². The Morgan fingerprint density at radius 1 is 0.900 bits per heavy atom. The highest BCUT2D eigenvalue weighted by Gasteiger charge is 2.46. The van der Waals surface area contributed by atoms with Crippen molar-refractivity contribution in [3.8, 4) is 0 Å². The average Bonchev–Trinajstić information content (AvgIpc) is 2.67. The third kappa shape index (κ3) is 2.19. The maximum atomic E-state index is 3.90. The number of H-pyrrole nitrogens is 1. The number of hydrogen-bond donors (Lipinski definition) is 1. The summed E-state index contributed by atoms with van der Waals surface area (Å²) in [6.07, 6.45) is 0. The van der Waals surface area contributed by atoms with Crippen LogP contribution in [-0.2, 0) is 0 Å². The summed E-state index contributed by atoms with van der Waals surface area (Å²) in [6.45, 7) is 14.4. The van der Waals surface area contributed by atoms with E-state index in [1.54, 1.807) is 0 Å². The second-order valence-corrected chi connectivity index (χ2v) is 13.4. The van der Waals surface area contributed by atoms with E-state index in [9.17, 15) is 0 Å². The molecule has 3 heteroatoms. The molecular formula is C17H26BrNSi. The zero-order valence-electron chi connectivity index (χ0n) is 13.4. The zero-order chi connectivity index (χ0) is 15.1. The lowest BCUT2D eigenvalue weighted by Gasteiger charge is -2.42. The third-order valence-corrected chi connectivity index (χ3v) is 13.1. The van der Waals surface area contributed by atoms with Crippen LogP contribution in [0.2, 0.25) is 16.6 Å².